The number of carbonyl (C=O) groups excluding carboxylic acids is 1. The molecule has 2 N–H and O–H groups in total. The van der Waals surface area contributed by atoms with Crippen LogP contribution in [0.25, 0.3) is 0 Å². The van der Waals surface area contributed by atoms with Gasteiger partial charge in [0.1, 0.15) is 6.10 Å². The minimum absolute atomic E-state index is 0. The van der Waals surface area contributed by atoms with E-state index in [0.29, 0.717) is 19.7 Å². The van der Waals surface area contributed by atoms with Crippen molar-refractivity contribution < 1.29 is 14.3 Å². The van der Waals surface area contributed by atoms with Crippen molar-refractivity contribution in [3.63, 3.8) is 0 Å². The van der Waals surface area contributed by atoms with Crippen molar-refractivity contribution in [3.05, 3.63) is 0 Å². The van der Waals surface area contributed by atoms with E-state index in [1.54, 1.807) is 11.8 Å². The fourth-order valence-electron chi connectivity index (χ4n) is 2.60. The lowest BCUT2D eigenvalue weighted by Gasteiger charge is -2.36. The molecule has 0 aromatic heterocycles. The molecule has 3 atom stereocenters. The molecule has 20 heavy (non-hydrogen) atoms. The standard InChI is InChI=1S/C13H24N2O3S.ClH/c1-19-8-4-10(14)13(16)15-5-7-18-12(9-15)11-3-2-6-17-11;/h10-12H,2-9,14H2,1H3;1H/t10-,11?,12?;/m0./s1. The van der Waals surface area contributed by atoms with Crippen LogP contribution >= 0.6 is 24.2 Å². The second kappa shape index (κ2) is 9.10. The Morgan fingerprint density at radius 3 is 2.80 bits per heavy atom. The highest BCUT2D eigenvalue weighted by molar-refractivity contribution is 7.98. The lowest BCUT2D eigenvalue weighted by molar-refractivity contribution is -0.146. The van der Waals surface area contributed by atoms with Gasteiger partial charge in [-0.3, -0.25) is 4.79 Å². The molecular formula is C13H25ClN2O3S. The number of halogens is 1. The first-order valence-corrected chi connectivity index (χ1v) is 8.38. The highest BCUT2D eigenvalue weighted by Crippen LogP contribution is 2.21. The monoisotopic (exact) mass is 324 g/mol. The lowest BCUT2D eigenvalue weighted by atomic mass is 10.1. The van der Waals surface area contributed by atoms with Crippen molar-refractivity contribution in [1.82, 2.24) is 4.90 Å². The van der Waals surface area contributed by atoms with Crippen LogP contribution in [0.5, 0.6) is 0 Å². The van der Waals surface area contributed by atoms with Gasteiger partial charge in [0.25, 0.3) is 0 Å². The minimum Gasteiger partial charge on any atom is -0.375 e. The van der Waals surface area contributed by atoms with E-state index in [2.05, 4.69) is 0 Å². The van der Waals surface area contributed by atoms with Gasteiger partial charge in [0.05, 0.1) is 18.8 Å². The van der Waals surface area contributed by atoms with Crippen molar-refractivity contribution in [2.75, 3.05) is 38.3 Å². The number of morpholine rings is 1. The highest BCUT2D eigenvalue weighted by atomic mass is 35.5. The topological polar surface area (TPSA) is 64.8 Å². The Labute approximate surface area is 131 Å². The summed E-state index contributed by atoms with van der Waals surface area (Å²) in [5, 5.41) is 0. The van der Waals surface area contributed by atoms with Gasteiger partial charge in [0.15, 0.2) is 0 Å². The van der Waals surface area contributed by atoms with Gasteiger partial charge in [0.2, 0.25) is 5.91 Å². The summed E-state index contributed by atoms with van der Waals surface area (Å²) in [6.45, 7) is 2.67. The Morgan fingerprint density at radius 2 is 2.15 bits per heavy atom. The van der Waals surface area contributed by atoms with Crippen LogP contribution in [0, 0.1) is 0 Å². The van der Waals surface area contributed by atoms with Crippen LogP contribution in [0.4, 0.5) is 0 Å². The smallest absolute Gasteiger partial charge is 0.239 e. The Kier molecular flexibility index (Phi) is 8.21. The van der Waals surface area contributed by atoms with Crippen molar-refractivity contribution in [2.45, 2.75) is 37.5 Å². The third-order valence-corrected chi connectivity index (χ3v) is 4.38. The van der Waals surface area contributed by atoms with E-state index in [9.17, 15) is 4.79 Å². The molecule has 0 aromatic rings. The molecule has 7 heteroatoms. The SMILES string of the molecule is CSCC[C@H](N)C(=O)N1CCOC(C2CCCO2)C1.Cl. The summed E-state index contributed by atoms with van der Waals surface area (Å²) in [4.78, 5) is 14.1. The zero-order chi connectivity index (χ0) is 13.7. The van der Waals surface area contributed by atoms with Gasteiger partial charge in [-0.1, -0.05) is 0 Å². The number of nitrogens with zero attached hydrogens (tertiary/aromatic N) is 1. The van der Waals surface area contributed by atoms with E-state index in [1.807, 2.05) is 11.2 Å². The molecule has 5 nitrogen and oxygen atoms in total. The lowest BCUT2D eigenvalue weighted by Crippen LogP contribution is -2.54. The third kappa shape index (κ3) is 4.77. The maximum absolute atomic E-state index is 12.3. The molecule has 1 amide bonds. The predicted molar refractivity (Wildman–Crippen MR) is 83.5 cm³/mol. The van der Waals surface area contributed by atoms with E-state index in [4.69, 9.17) is 15.2 Å². The highest BCUT2D eigenvalue weighted by Gasteiger charge is 2.33. The first-order chi connectivity index (χ1) is 9.22. The van der Waals surface area contributed by atoms with Crippen LogP contribution in [-0.2, 0) is 14.3 Å². The normalized spacial score (nSPS) is 28.0. The van der Waals surface area contributed by atoms with E-state index < -0.39 is 0 Å². The summed E-state index contributed by atoms with van der Waals surface area (Å²) >= 11 is 1.72. The van der Waals surface area contributed by atoms with Crippen LogP contribution in [0.3, 0.4) is 0 Å². The molecule has 2 unspecified atom stereocenters. The zero-order valence-electron chi connectivity index (χ0n) is 12.0. The number of amides is 1. The molecule has 0 radical (unpaired) electrons. The summed E-state index contributed by atoms with van der Waals surface area (Å²) in [6, 6.07) is -0.379. The van der Waals surface area contributed by atoms with Crippen LogP contribution in [0.1, 0.15) is 19.3 Å². The van der Waals surface area contributed by atoms with E-state index in [1.165, 1.54) is 0 Å². The van der Waals surface area contributed by atoms with Gasteiger partial charge in [-0.05, 0) is 31.3 Å². The maximum Gasteiger partial charge on any atom is 0.239 e. The molecule has 2 aliphatic rings. The van der Waals surface area contributed by atoms with Crippen molar-refractivity contribution >= 4 is 30.1 Å². The fraction of sp³-hybridized carbons (Fsp3) is 0.923. The Bertz CT molecular complexity index is 303. The van der Waals surface area contributed by atoms with Crippen LogP contribution < -0.4 is 5.73 Å². The van der Waals surface area contributed by atoms with E-state index in [0.717, 1.165) is 31.6 Å². The molecule has 2 heterocycles. The average molecular weight is 325 g/mol. The summed E-state index contributed by atoms with van der Waals surface area (Å²) in [6.07, 6.45) is 5.06. The Morgan fingerprint density at radius 1 is 1.40 bits per heavy atom. The van der Waals surface area contributed by atoms with Crippen LogP contribution in [-0.4, -0.2) is 67.4 Å². The summed E-state index contributed by atoms with van der Waals surface area (Å²) < 4.78 is 11.4. The molecule has 0 aliphatic carbocycles. The van der Waals surface area contributed by atoms with Gasteiger partial charge in [-0.2, -0.15) is 11.8 Å². The molecule has 2 fully saturated rings. The molecular weight excluding hydrogens is 300 g/mol. The number of hydrogen-bond donors (Lipinski definition) is 1. The Balaban J connectivity index is 0.00000200. The molecule has 0 saturated carbocycles. The number of ether oxygens (including phenoxy) is 2. The quantitative estimate of drug-likeness (QED) is 0.814. The minimum atomic E-state index is -0.379. The van der Waals surface area contributed by atoms with Gasteiger partial charge in [-0.15, -0.1) is 12.4 Å². The number of nitrogens with two attached hydrogens (primary N) is 1. The largest absolute Gasteiger partial charge is 0.375 e. The van der Waals surface area contributed by atoms with Crippen LogP contribution in [0.15, 0.2) is 0 Å². The Hall–Kier alpha value is -0.0100. The predicted octanol–water partition coefficient (Wildman–Crippen LogP) is 0.895. The fourth-order valence-corrected chi connectivity index (χ4v) is 3.09. The zero-order valence-corrected chi connectivity index (χ0v) is 13.6. The van der Waals surface area contributed by atoms with Gasteiger partial charge >= 0.3 is 0 Å². The van der Waals surface area contributed by atoms with Gasteiger partial charge < -0.3 is 20.1 Å². The molecule has 0 spiro atoms. The number of thioether (sulfide) groups is 1. The van der Waals surface area contributed by atoms with Gasteiger partial charge in [0, 0.05) is 19.7 Å². The number of hydrogen-bond acceptors (Lipinski definition) is 5. The van der Waals surface area contributed by atoms with E-state index in [-0.39, 0.29) is 36.6 Å². The molecule has 118 valence electrons. The molecule has 0 bridgehead atoms. The molecule has 0 aromatic carbocycles. The maximum atomic E-state index is 12.3. The van der Waals surface area contributed by atoms with E-state index >= 15 is 0 Å². The van der Waals surface area contributed by atoms with Gasteiger partial charge in [-0.25, -0.2) is 0 Å². The van der Waals surface area contributed by atoms with Crippen molar-refractivity contribution in [2.24, 2.45) is 5.73 Å². The summed E-state index contributed by atoms with van der Waals surface area (Å²) in [7, 11) is 0. The third-order valence-electron chi connectivity index (χ3n) is 3.73. The molecule has 2 aliphatic heterocycles. The number of carbonyl (C=O) groups is 1. The summed E-state index contributed by atoms with van der Waals surface area (Å²) in [5.41, 5.74) is 5.96. The summed E-state index contributed by atoms with van der Waals surface area (Å²) in [5.74, 6) is 0.979. The first-order valence-electron chi connectivity index (χ1n) is 6.99. The van der Waals surface area contributed by atoms with Crippen molar-refractivity contribution in [1.29, 1.82) is 0 Å². The molecule has 2 rings (SSSR count). The van der Waals surface area contributed by atoms with Crippen molar-refractivity contribution in [3.8, 4) is 0 Å². The molecule has 2 saturated heterocycles. The second-order valence-corrected chi connectivity index (χ2v) is 6.12. The average Bonchev–Trinajstić information content (AvgIpc) is 2.98. The van der Waals surface area contributed by atoms with Crippen LogP contribution in [0.2, 0.25) is 0 Å². The number of rotatable bonds is 5. The first kappa shape index (κ1) is 18.0. The second-order valence-electron chi connectivity index (χ2n) is 5.13.